The number of para-hydroxylation sites is 1. The van der Waals surface area contributed by atoms with Gasteiger partial charge in [-0.2, -0.15) is 0 Å². The number of guanidine groups is 1. The second kappa shape index (κ2) is 9.15. The smallest absolute Gasteiger partial charge is 0.217 e. The Kier molecular flexibility index (Phi) is 6.90. The average molecular weight is 332 g/mol. The van der Waals surface area contributed by atoms with E-state index in [1.54, 1.807) is 14.2 Å². The maximum Gasteiger partial charge on any atom is 0.217 e. The molecule has 1 aromatic carbocycles. The highest BCUT2D eigenvalue weighted by atomic mass is 16.5. The maximum atomic E-state index is 11.1. The third-order valence-corrected chi connectivity index (χ3v) is 4.39. The minimum atomic E-state index is -0.221. The van der Waals surface area contributed by atoms with E-state index < -0.39 is 0 Å². The summed E-state index contributed by atoms with van der Waals surface area (Å²) in [5.41, 5.74) is 6.51. The average Bonchev–Trinajstić information content (AvgIpc) is 2.58. The number of piperidine rings is 1. The molecule has 0 spiro atoms. The van der Waals surface area contributed by atoms with Crippen molar-refractivity contribution in [3.05, 3.63) is 29.8 Å². The zero-order valence-electron chi connectivity index (χ0n) is 14.6. The zero-order valence-corrected chi connectivity index (χ0v) is 14.6. The lowest BCUT2D eigenvalue weighted by atomic mass is 9.95. The number of nitrogens with two attached hydrogens (primary N) is 1. The Hall–Kier alpha value is -2.24. The molecule has 1 saturated heterocycles. The number of likely N-dealkylation sites (tertiary alicyclic amines) is 1. The van der Waals surface area contributed by atoms with E-state index in [1.807, 2.05) is 18.2 Å². The Morgan fingerprint density at radius 1 is 1.46 bits per heavy atom. The highest BCUT2D eigenvalue weighted by Gasteiger charge is 2.23. The van der Waals surface area contributed by atoms with Gasteiger partial charge in [-0.25, -0.2) is 0 Å². The van der Waals surface area contributed by atoms with Crippen molar-refractivity contribution in [1.29, 1.82) is 0 Å². The molecule has 24 heavy (non-hydrogen) atoms. The zero-order chi connectivity index (χ0) is 17.4. The Balaban J connectivity index is 1.87. The first kappa shape index (κ1) is 18.1. The molecule has 1 aromatic rings. The van der Waals surface area contributed by atoms with Crippen LogP contribution in [0.2, 0.25) is 0 Å². The molecule has 0 aromatic heterocycles. The Labute approximate surface area is 144 Å². The van der Waals surface area contributed by atoms with Gasteiger partial charge < -0.3 is 20.7 Å². The Morgan fingerprint density at radius 3 is 2.96 bits per heavy atom. The number of amides is 1. The van der Waals surface area contributed by atoms with Gasteiger partial charge in [-0.1, -0.05) is 18.2 Å². The molecule has 1 heterocycles. The summed E-state index contributed by atoms with van der Waals surface area (Å²) in [6.45, 7) is 2.57. The third-order valence-electron chi connectivity index (χ3n) is 4.39. The van der Waals surface area contributed by atoms with Gasteiger partial charge in [0.25, 0.3) is 0 Å². The van der Waals surface area contributed by atoms with Crippen molar-refractivity contribution < 1.29 is 9.53 Å². The van der Waals surface area contributed by atoms with Gasteiger partial charge in [0.05, 0.1) is 7.11 Å². The number of nitrogens with zero attached hydrogens (tertiary/aromatic N) is 2. The van der Waals surface area contributed by atoms with Crippen LogP contribution in [0.5, 0.6) is 5.75 Å². The minimum Gasteiger partial charge on any atom is -0.496 e. The number of carbonyl (C=O) groups is 1. The number of primary amides is 1. The topological polar surface area (TPSA) is 80.0 Å². The monoisotopic (exact) mass is 332 g/mol. The van der Waals surface area contributed by atoms with Gasteiger partial charge in [0.1, 0.15) is 5.75 Å². The molecule has 0 saturated carbocycles. The van der Waals surface area contributed by atoms with E-state index in [0.717, 1.165) is 50.6 Å². The van der Waals surface area contributed by atoms with Gasteiger partial charge in [0, 0.05) is 33.1 Å². The van der Waals surface area contributed by atoms with E-state index >= 15 is 0 Å². The van der Waals surface area contributed by atoms with Crippen molar-refractivity contribution in [1.82, 2.24) is 10.2 Å². The molecule has 2 rings (SSSR count). The molecular formula is C18H28N4O2. The molecule has 1 aliphatic heterocycles. The molecule has 1 amide bonds. The molecule has 0 aliphatic carbocycles. The molecule has 1 fully saturated rings. The number of rotatable bonds is 6. The molecule has 0 radical (unpaired) electrons. The predicted molar refractivity (Wildman–Crippen MR) is 96.2 cm³/mol. The van der Waals surface area contributed by atoms with Crippen molar-refractivity contribution in [3.8, 4) is 5.75 Å². The van der Waals surface area contributed by atoms with Crippen molar-refractivity contribution in [2.75, 3.05) is 33.8 Å². The van der Waals surface area contributed by atoms with Gasteiger partial charge in [0.15, 0.2) is 5.96 Å². The van der Waals surface area contributed by atoms with Gasteiger partial charge in [-0.3, -0.25) is 9.79 Å². The van der Waals surface area contributed by atoms with Crippen LogP contribution in [0.25, 0.3) is 0 Å². The van der Waals surface area contributed by atoms with Crippen LogP contribution in [-0.2, 0) is 11.2 Å². The van der Waals surface area contributed by atoms with Crippen LogP contribution in [0, 0.1) is 5.92 Å². The largest absolute Gasteiger partial charge is 0.496 e. The summed E-state index contributed by atoms with van der Waals surface area (Å²) in [6, 6.07) is 8.04. The summed E-state index contributed by atoms with van der Waals surface area (Å²) in [5.74, 6) is 1.90. The summed E-state index contributed by atoms with van der Waals surface area (Å²) in [7, 11) is 3.49. The lowest BCUT2D eigenvalue weighted by molar-refractivity contribution is -0.119. The molecule has 1 unspecified atom stereocenters. The van der Waals surface area contributed by atoms with Crippen molar-refractivity contribution >= 4 is 11.9 Å². The summed E-state index contributed by atoms with van der Waals surface area (Å²) >= 11 is 0. The number of methoxy groups -OCH3 is 1. The van der Waals surface area contributed by atoms with Crippen molar-refractivity contribution in [3.63, 3.8) is 0 Å². The number of benzene rings is 1. The van der Waals surface area contributed by atoms with E-state index in [1.165, 1.54) is 5.56 Å². The van der Waals surface area contributed by atoms with E-state index in [-0.39, 0.29) is 5.91 Å². The van der Waals surface area contributed by atoms with E-state index in [2.05, 4.69) is 21.3 Å². The molecular weight excluding hydrogens is 304 g/mol. The molecule has 0 bridgehead atoms. The van der Waals surface area contributed by atoms with Crippen LogP contribution in [0.4, 0.5) is 0 Å². The predicted octanol–water partition coefficient (Wildman–Crippen LogP) is 1.40. The number of nitrogens with one attached hydrogen (secondary N) is 1. The fourth-order valence-corrected chi connectivity index (χ4v) is 3.26. The molecule has 6 nitrogen and oxygen atoms in total. The quantitative estimate of drug-likeness (QED) is 0.609. The first-order valence-corrected chi connectivity index (χ1v) is 8.49. The van der Waals surface area contributed by atoms with Gasteiger partial charge >= 0.3 is 0 Å². The summed E-state index contributed by atoms with van der Waals surface area (Å²) in [4.78, 5) is 17.8. The summed E-state index contributed by atoms with van der Waals surface area (Å²) in [6.07, 6.45) is 3.43. The minimum absolute atomic E-state index is 0.221. The summed E-state index contributed by atoms with van der Waals surface area (Å²) < 4.78 is 5.38. The highest BCUT2D eigenvalue weighted by Crippen LogP contribution is 2.20. The molecule has 6 heteroatoms. The number of hydrogen-bond acceptors (Lipinski definition) is 3. The molecule has 1 atom stereocenters. The molecule has 132 valence electrons. The first-order valence-electron chi connectivity index (χ1n) is 8.49. The highest BCUT2D eigenvalue weighted by molar-refractivity contribution is 5.80. The second-order valence-electron chi connectivity index (χ2n) is 6.16. The fraction of sp³-hybridized carbons (Fsp3) is 0.556. The molecule has 3 N–H and O–H groups in total. The third kappa shape index (κ3) is 5.15. The Bertz CT molecular complexity index is 574. The normalized spacial score (nSPS) is 18.3. The standard InChI is InChI=1S/C18H28N4O2/c1-20-18(22-11-5-6-14(13-22)12-17(19)23)21-10-9-15-7-3-4-8-16(15)24-2/h3-4,7-8,14H,5-6,9-13H2,1-2H3,(H2,19,23)(H,20,21). The van der Waals surface area contributed by atoms with E-state index in [0.29, 0.717) is 12.3 Å². The number of ether oxygens (including phenoxy) is 1. The van der Waals surface area contributed by atoms with E-state index in [9.17, 15) is 4.79 Å². The van der Waals surface area contributed by atoms with Crippen LogP contribution in [0.3, 0.4) is 0 Å². The van der Waals surface area contributed by atoms with Gasteiger partial charge in [-0.15, -0.1) is 0 Å². The van der Waals surface area contributed by atoms with E-state index in [4.69, 9.17) is 10.5 Å². The van der Waals surface area contributed by atoms with Crippen LogP contribution in [-0.4, -0.2) is 50.6 Å². The SMILES string of the molecule is CN=C(NCCc1ccccc1OC)N1CCCC(CC(N)=O)C1. The van der Waals surface area contributed by atoms with Crippen LogP contribution >= 0.6 is 0 Å². The number of carbonyl (C=O) groups excluding carboxylic acids is 1. The fourth-order valence-electron chi connectivity index (χ4n) is 3.26. The van der Waals surface area contributed by atoms with Crippen molar-refractivity contribution in [2.24, 2.45) is 16.6 Å². The van der Waals surface area contributed by atoms with Gasteiger partial charge in [0.2, 0.25) is 5.91 Å². The first-order chi connectivity index (χ1) is 11.6. The lowest BCUT2D eigenvalue weighted by Gasteiger charge is -2.34. The Morgan fingerprint density at radius 2 is 2.25 bits per heavy atom. The summed E-state index contributed by atoms with van der Waals surface area (Å²) in [5, 5.41) is 3.42. The number of aliphatic imine (C=N–C) groups is 1. The lowest BCUT2D eigenvalue weighted by Crippen LogP contribution is -2.47. The van der Waals surface area contributed by atoms with Crippen LogP contribution < -0.4 is 15.8 Å². The maximum absolute atomic E-state index is 11.1. The number of hydrogen-bond donors (Lipinski definition) is 2. The van der Waals surface area contributed by atoms with Gasteiger partial charge in [-0.05, 0) is 36.8 Å². The van der Waals surface area contributed by atoms with Crippen molar-refractivity contribution in [2.45, 2.75) is 25.7 Å². The van der Waals surface area contributed by atoms with Crippen LogP contribution in [0.1, 0.15) is 24.8 Å². The molecule has 1 aliphatic rings. The van der Waals surface area contributed by atoms with Crippen LogP contribution in [0.15, 0.2) is 29.3 Å². The second-order valence-corrected chi connectivity index (χ2v) is 6.16.